The van der Waals surface area contributed by atoms with Gasteiger partial charge in [0.05, 0.1) is 15.4 Å². The quantitative estimate of drug-likeness (QED) is 0.183. The number of nitrogens with zero attached hydrogens (tertiary/aromatic N) is 4. The van der Waals surface area contributed by atoms with Crippen LogP contribution in [0.15, 0.2) is 61.5 Å². The summed E-state index contributed by atoms with van der Waals surface area (Å²) in [4.78, 5) is 28.4. The summed E-state index contributed by atoms with van der Waals surface area (Å²) in [5.74, 6) is -0.301. The van der Waals surface area contributed by atoms with Crippen molar-refractivity contribution in [2.45, 2.75) is 36.1 Å². The molecule has 9 nitrogen and oxygen atoms in total. The van der Waals surface area contributed by atoms with Gasteiger partial charge >= 0.3 is 5.97 Å². The molecule has 0 N–H and O–H groups in total. The molecule has 4 rings (SSSR count). The summed E-state index contributed by atoms with van der Waals surface area (Å²) in [6, 6.07) is 11.8. The first-order valence-electron chi connectivity index (χ1n) is 9.80. The van der Waals surface area contributed by atoms with Gasteiger partial charge < -0.3 is 9.15 Å². The van der Waals surface area contributed by atoms with Crippen LogP contribution in [0.1, 0.15) is 40.5 Å². The maximum atomic E-state index is 12.6. The molecule has 0 saturated carbocycles. The third-order valence-corrected chi connectivity index (χ3v) is 6.68. The third-order valence-electron chi connectivity index (χ3n) is 4.56. The Morgan fingerprint density at radius 2 is 1.94 bits per heavy atom. The Labute approximate surface area is 197 Å². The molecule has 0 amide bonds. The van der Waals surface area contributed by atoms with Crippen molar-refractivity contribution in [1.29, 1.82) is 0 Å². The Morgan fingerprint density at radius 1 is 1.18 bits per heavy atom. The molecule has 0 bridgehead atoms. The van der Waals surface area contributed by atoms with E-state index in [0.29, 0.717) is 15.1 Å². The number of aryl methyl sites for hydroxylation is 2. The first-order chi connectivity index (χ1) is 15.8. The van der Waals surface area contributed by atoms with Gasteiger partial charge in [-0.3, -0.25) is 10.1 Å². The van der Waals surface area contributed by atoms with Crippen molar-refractivity contribution in [2.75, 3.05) is 0 Å². The van der Waals surface area contributed by atoms with Crippen LogP contribution in [-0.2, 0) is 4.74 Å². The van der Waals surface area contributed by atoms with E-state index in [9.17, 15) is 14.9 Å². The van der Waals surface area contributed by atoms with Crippen molar-refractivity contribution in [1.82, 2.24) is 15.2 Å². The molecule has 0 radical (unpaired) electrons. The number of thiazole rings is 1. The van der Waals surface area contributed by atoms with E-state index in [4.69, 9.17) is 9.15 Å². The van der Waals surface area contributed by atoms with Gasteiger partial charge in [-0.15, -0.1) is 21.5 Å². The smallest absolute Gasteiger partial charge is 0.339 e. The molecule has 1 atom stereocenters. The van der Waals surface area contributed by atoms with Crippen molar-refractivity contribution < 1.29 is 18.9 Å². The van der Waals surface area contributed by atoms with Gasteiger partial charge in [-0.25, -0.2) is 9.78 Å². The van der Waals surface area contributed by atoms with Crippen molar-refractivity contribution >= 4 is 34.8 Å². The third kappa shape index (κ3) is 5.26. The van der Waals surface area contributed by atoms with E-state index in [0.717, 1.165) is 16.8 Å². The number of carbonyl (C=O) groups excluding carboxylic acids is 1. The van der Waals surface area contributed by atoms with Crippen LogP contribution >= 0.6 is 23.1 Å². The second-order valence-electron chi connectivity index (χ2n) is 7.16. The highest BCUT2D eigenvalue weighted by atomic mass is 32.2. The minimum atomic E-state index is -0.837. The molecule has 1 unspecified atom stereocenters. The Balaban J connectivity index is 1.49. The number of benzene rings is 2. The topological polar surface area (TPSA) is 121 Å². The number of ether oxygens (including phenoxy) is 1. The average Bonchev–Trinajstić information content (AvgIpc) is 3.43. The molecule has 4 aromatic rings. The average molecular weight is 483 g/mol. The van der Waals surface area contributed by atoms with Crippen LogP contribution in [0.2, 0.25) is 0 Å². The molecular weight excluding hydrogens is 464 g/mol. The van der Waals surface area contributed by atoms with Crippen molar-refractivity contribution in [3.8, 4) is 11.5 Å². The normalized spacial score (nSPS) is 11.8. The summed E-state index contributed by atoms with van der Waals surface area (Å²) in [6.45, 7) is 5.41. The van der Waals surface area contributed by atoms with E-state index in [2.05, 4.69) is 15.2 Å². The minimum absolute atomic E-state index is 0.0477. The molecule has 33 heavy (non-hydrogen) atoms. The number of carbonyl (C=O) groups is 1. The van der Waals surface area contributed by atoms with Crippen LogP contribution in [0.3, 0.4) is 0 Å². The lowest BCUT2D eigenvalue weighted by atomic mass is 10.1. The van der Waals surface area contributed by atoms with Gasteiger partial charge in [-0.05, 0) is 45.0 Å². The summed E-state index contributed by atoms with van der Waals surface area (Å²) in [7, 11) is 0. The number of rotatable bonds is 7. The molecule has 11 heteroatoms. The summed E-state index contributed by atoms with van der Waals surface area (Å²) in [5, 5.41) is 21.4. The highest BCUT2D eigenvalue weighted by molar-refractivity contribution is 8.01. The van der Waals surface area contributed by atoms with Gasteiger partial charge in [0, 0.05) is 22.7 Å². The number of aromatic nitrogens is 3. The first kappa shape index (κ1) is 22.6. The number of hydrogen-bond donors (Lipinski definition) is 0. The molecule has 0 aliphatic rings. The largest absolute Gasteiger partial charge is 0.449 e. The lowest BCUT2D eigenvalue weighted by Gasteiger charge is -2.10. The zero-order valence-electron chi connectivity index (χ0n) is 17.8. The Hall–Kier alpha value is -3.57. The number of hydrogen-bond acceptors (Lipinski definition) is 10. The molecular formula is C22H18N4O5S2. The van der Waals surface area contributed by atoms with Gasteiger partial charge in [0.1, 0.15) is 0 Å². The minimum Gasteiger partial charge on any atom is -0.449 e. The summed E-state index contributed by atoms with van der Waals surface area (Å²) in [6.07, 6.45) is -0.837. The highest BCUT2D eigenvalue weighted by Gasteiger charge is 2.23. The van der Waals surface area contributed by atoms with Gasteiger partial charge in [0.15, 0.2) is 10.4 Å². The Kier molecular flexibility index (Phi) is 6.52. The van der Waals surface area contributed by atoms with Gasteiger partial charge in [-0.1, -0.05) is 29.5 Å². The SMILES string of the molecule is Cc1ccc(-c2nnc(C(C)OC(=O)c3ccc(Sc4nc(C)cs4)c([N+](=O)[O-])c3)o2)cc1. The molecule has 0 fully saturated rings. The van der Waals surface area contributed by atoms with Crippen molar-refractivity contribution in [2.24, 2.45) is 0 Å². The van der Waals surface area contributed by atoms with E-state index in [1.54, 1.807) is 6.92 Å². The van der Waals surface area contributed by atoms with Gasteiger partial charge in [-0.2, -0.15) is 0 Å². The summed E-state index contributed by atoms with van der Waals surface area (Å²) in [5.41, 5.74) is 2.53. The standard InChI is InChI=1S/C22H18N4O5S2/c1-12-4-6-15(7-5-12)20-25-24-19(31-20)14(3)30-21(27)16-8-9-18(17(10-16)26(28)29)33-22-23-13(2)11-32-22/h4-11,14H,1-3H3. The van der Waals surface area contributed by atoms with E-state index in [1.807, 2.05) is 43.5 Å². The summed E-state index contributed by atoms with van der Waals surface area (Å²) < 4.78 is 11.7. The predicted molar refractivity (Wildman–Crippen MR) is 122 cm³/mol. The van der Waals surface area contributed by atoms with Crippen LogP contribution in [0.4, 0.5) is 5.69 Å². The molecule has 0 spiro atoms. The van der Waals surface area contributed by atoms with Crippen LogP contribution in [0, 0.1) is 24.0 Å². The second-order valence-corrected chi connectivity index (χ2v) is 9.30. The zero-order valence-corrected chi connectivity index (χ0v) is 19.5. The molecule has 2 heterocycles. The molecule has 2 aromatic heterocycles. The van der Waals surface area contributed by atoms with Gasteiger partial charge in [0.2, 0.25) is 5.89 Å². The Bertz CT molecular complexity index is 1320. The van der Waals surface area contributed by atoms with Gasteiger partial charge in [0.25, 0.3) is 11.6 Å². The first-order valence-corrected chi connectivity index (χ1v) is 11.5. The van der Waals surface area contributed by atoms with E-state index in [1.165, 1.54) is 41.3 Å². The second kappa shape index (κ2) is 9.51. The van der Waals surface area contributed by atoms with Crippen LogP contribution in [-0.4, -0.2) is 26.1 Å². The van der Waals surface area contributed by atoms with E-state index < -0.39 is 17.0 Å². The molecule has 0 aliphatic heterocycles. The fourth-order valence-electron chi connectivity index (χ4n) is 2.84. The number of nitro benzene ring substituents is 1. The van der Waals surface area contributed by atoms with E-state index in [-0.39, 0.29) is 17.1 Å². The highest BCUT2D eigenvalue weighted by Crippen LogP contribution is 2.37. The van der Waals surface area contributed by atoms with Crippen molar-refractivity contribution in [3.63, 3.8) is 0 Å². The fourth-order valence-corrected chi connectivity index (χ4v) is 4.72. The monoisotopic (exact) mass is 482 g/mol. The molecule has 0 saturated heterocycles. The zero-order chi connectivity index (χ0) is 23.5. The summed E-state index contributed by atoms with van der Waals surface area (Å²) >= 11 is 2.57. The van der Waals surface area contributed by atoms with E-state index >= 15 is 0 Å². The fraction of sp³-hybridized carbons (Fsp3) is 0.182. The lowest BCUT2D eigenvalue weighted by Crippen LogP contribution is -2.10. The van der Waals surface area contributed by atoms with Crippen LogP contribution in [0.25, 0.3) is 11.5 Å². The van der Waals surface area contributed by atoms with Crippen LogP contribution < -0.4 is 0 Å². The van der Waals surface area contributed by atoms with Crippen molar-refractivity contribution in [3.05, 3.63) is 80.7 Å². The Morgan fingerprint density at radius 3 is 2.61 bits per heavy atom. The molecule has 0 aliphatic carbocycles. The maximum absolute atomic E-state index is 12.6. The number of esters is 1. The molecule has 168 valence electrons. The number of nitro groups is 1. The van der Waals surface area contributed by atoms with Crippen LogP contribution in [0.5, 0.6) is 0 Å². The molecule has 2 aromatic carbocycles. The maximum Gasteiger partial charge on any atom is 0.339 e. The predicted octanol–water partition coefficient (Wildman–Crippen LogP) is 5.79. The lowest BCUT2D eigenvalue weighted by molar-refractivity contribution is -0.387.